The first-order valence-corrected chi connectivity index (χ1v) is 23.1. The summed E-state index contributed by atoms with van der Waals surface area (Å²) >= 11 is 0. The first kappa shape index (κ1) is 42.7. The van der Waals surface area contributed by atoms with Crippen LogP contribution in [-0.4, -0.2) is 113 Å². The zero-order valence-corrected chi connectivity index (χ0v) is 36.6. The number of anilines is 3. The number of aliphatic hydroxyl groups excluding tert-OH is 1. The molecule has 0 radical (unpaired) electrons. The third-order valence-electron chi connectivity index (χ3n) is 14.3. The summed E-state index contributed by atoms with van der Waals surface area (Å²) in [5.74, 6) is -1.75. The number of nitrogens with one attached hydrogen (secondary N) is 2. The van der Waals surface area contributed by atoms with Crippen molar-refractivity contribution in [3.8, 4) is 17.6 Å². The van der Waals surface area contributed by atoms with Crippen LogP contribution in [0.3, 0.4) is 0 Å². The van der Waals surface area contributed by atoms with Crippen molar-refractivity contribution < 1.29 is 36.6 Å². The maximum Gasteiger partial charge on any atom is 0.329 e. The molecule has 2 aliphatic carbocycles. The number of aryl methyl sites for hydroxylation is 1. The van der Waals surface area contributed by atoms with Gasteiger partial charge in [-0.2, -0.15) is 23.1 Å². The minimum atomic E-state index is -4.18. The number of aromatic nitrogens is 4. The average Bonchev–Trinajstić information content (AvgIpc) is 3.54. The van der Waals surface area contributed by atoms with Gasteiger partial charge in [0.25, 0.3) is 5.56 Å². The van der Waals surface area contributed by atoms with E-state index in [0.717, 1.165) is 81.1 Å². The third-order valence-corrected chi connectivity index (χ3v) is 15.8. The molecule has 5 heterocycles. The number of aliphatic hydroxyl groups is 1. The number of ether oxygens (including phenoxy) is 1. The summed E-state index contributed by atoms with van der Waals surface area (Å²) in [6.07, 6.45) is 7.59. The van der Waals surface area contributed by atoms with E-state index in [1.165, 1.54) is 30.1 Å². The van der Waals surface area contributed by atoms with Crippen LogP contribution >= 0.6 is 0 Å². The van der Waals surface area contributed by atoms with Gasteiger partial charge in [-0.1, -0.05) is 0 Å². The van der Waals surface area contributed by atoms with Crippen LogP contribution in [0.2, 0.25) is 0 Å². The minimum absolute atomic E-state index is 0.0350. The molecule has 3 aromatic carbocycles. The molecule has 10 rings (SSSR count). The number of urea groups is 1. The van der Waals surface area contributed by atoms with Crippen molar-refractivity contribution in [2.75, 3.05) is 67.4 Å². The number of amides is 3. The number of piperidine rings is 1. The first-order valence-electron chi connectivity index (χ1n) is 21.6. The minimum Gasteiger partial charge on any atom is -0.453 e. The van der Waals surface area contributed by atoms with E-state index in [-0.39, 0.29) is 70.5 Å². The van der Waals surface area contributed by atoms with Gasteiger partial charge in [0.1, 0.15) is 23.2 Å². The van der Waals surface area contributed by atoms with E-state index in [4.69, 9.17) is 9.84 Å². The number of likely N-dealkylation sites (N-methyl/N-ethyl adjacent to an activating group) is 1. The molecule has 340 valence electrons. The summed E-state index contributed by atoms with van der Waals surface area (Å²) < 4.78 is 68.5. The van der Waals surface area contributed by atoms with Crippen LogP contribution in [0.15, 0.2) is 53.6 Å². The van der Waals surface area contributed by atoms with E-state index in [9.17, 15) is 28.1 Å². The summed E-state index contributed by atoms with van der Waals surface area (Å²) in [6, 6.07) is 11.5. The largest absolute Gasteiger partial charge is 0.453 e. The second-order valence-electron chi connectivity index (χ2n) is 18.3. The lowest BCUT2D eigenvalue weighted by Crippen LogP contribution is -2.67. The first-order chi connectivity index (χ1) is 31.1. The van der Waals surface area contributed by atoms with E-state index in [1.807, 2.05) is 6.07 Å². The molecule has 3 amide bonds. The number of carbonyl (C=O) groups excluding carboxylic acids is 2. The van der Waals surface area contributed by atoms with Gasteiger partial charge in [0.15, 0.2) is 17.4 Å². The fourth-order valence-electron chi connectivity index (χ4n) is 10.6. The predicted molar refractivity (Wildman–Crippen MR) is 235 cm³/mol. The monoisotopic (exact) mass is 911 g/mol. The highest BCUT2D eigenvalue weighted by Gasteiger charge is 2.56. The molecule has 3 saturated heterocycles. The van der Waals surface area contributed by atoms with Gasteiger partial charge < -0.3 is 19.6 Å². The van der Waals surface area contributed by atoms with Gasteiger partial charge in [-0.05, 0) is 99.5 Å². The summed E-state index contributed by atoms with van der Waals surface area (Å²) in [6.45, 7) is 3.05. The number of carbonyl (C=O) groups is 2. The van der Waals surface area contributed by atoms with E-state index < -0.39 is 40.0 Å². The number of nitrogens with zero attached hydrogens (tertiary/aromatic N) is 9. The van der Waals surface area contributed by atoms with Crippen molar-refractivity contribution in [2.45, 2.75) is 57.0 Å². The Balaban J connectivity index is 0.744. The molecule has 21 heteroatoms. The summed E-state index contributed by atoms with van der Waals surface area (Å²) in [5.41, 5.74) is 1.05. The van der Waals surface area contributed by atoms with Crippen molar-refractivity contribution in [1.82, 2.24) is 33.9 Å². The summed E-state index contributed by atoms with van der Waals surface area (Å²) in [5, 5.41) is 26.7. The number of hydrogen-bond donors (Lipinski definition) is 3. The fraction of sp³-hybridized carbons (Fsp3) is 0.455. The molecule has 5 fully saturated rings. The standard InChI is InChI=1S/C44H47F2N11O7S/c1-52(13-14-58)65(62,63)51-35-6-4-32(45)39(31(35)22-47)64-28-3-5-34-29(15-28)41(60)57(25-48-34)27-20-43(21-27)8-11-54(12-9-43)26-18-44(19-26)23-55(24-44)37-17-36-30(16-33(37)46)40(50-53(36)2)56-10-7-38(59)49-42(56)61/h3-6,15-17,25-27,51,58H,7-14,18-21,23-24H2,1-2H3,(H,49,59,61). The number of likely N-dealkylation sites (tertiary alicyclic amines) is 1. The highest BCUT2D eigenvalue weighted by atomic mass is 32.2. The van der Waals surface area contributed by atoms with E-state index in [2.05, 4.69) is 29.9 Å². The molecule has 3 N–H and O–H groups in total. The van der Waals surface area contributed by atoms with E-state index in [0.29, 0.717) is 34.0 Å². The number of hydrogen-bond acceptors (Lipinski definition) is 12. The van der Waals surface area contributed by atoms with Gasteiger partial charge in [0, 0.05) is 69.6 Å². The molecule has 2 spiro atoms. The Morgan fingerprint density at radius 3 is 2.43 bits per heavy atom. The van der Waals surface area contributed by atoms with Gasteiger partial charge in [-0.15, -0.1) is 0 Å². The van der Waals surface area contributed by atoms with Crippen LogP contribution in [0.5, 0.6) is 11.5 Å². The Labute approximate surface area is 372 Å². The second-order valence-corrected chi connectivity index (χ2v) is 20.1. The lowest BCUT2D eigenvalue weighted by atomic mass is 9.57. The Bertz CT molecular complexity index is 3000. The number of nitriles is 1. The van der Waals surface area contributed by atoms with Crippen molar-refractivity contribution in [3.05, 3.63) is 76.3 Å². The molecule has 0 atom stereocenters. The molecule has 0 bridgehead atoms. The van der Waals surface area contributed by atoms with E-state index >= 15 is 8.78 Å². The van der Waals surface area contributed by atoms with Crippen molar-refractivity contribution in [3.63, 3.8) is 0 Å². The van der Waals surface area contributed by atoms with Gasteiger partial charge in [0.2, 0.25) is 5.91 Å². The lowest BCUT2D eigenvalue weighted by molar-refractivity contribution is -0.120. The zero-order valence-electron chi connectivity index (χ0n) is 35.8. The Morgan fingerprint density at radius 1 is 0.985 bits per heavy atom. The van der Waals surface area contributed by atoms with Crippen molar-refractivity contribution >= 4 is 61.1 Å². The lowest BCUT2D eigenvalue weighted by Gasteiger charge is -2.63. The van der Waals surface area contributed by atoms with Crippen LogP contribution < -0.4 is 30.1 Å². The second kappa shape index (κ2) is 15.7. The molecule has 0 unspecified atom stereocenters. The maximum atomic E-state index is 15.7. The molecule has 5 aromatic rings. The van der Waals surface area contributed by atoms with Gasteiger partial charge in [-0.25, -0.2) is 18.6 Å². The highest BCUT2D eigenvalue weighted by molar-refractivity contribution is 7.90. The number of rotatable bonds is 11. The highest BCUT2D eigenvalue weighted by Crippen LogP contribution is 2.57. The number of benzene rings is 3. The van der Waals surface area contributed by atoms with Crippen LogP contribution in [0.25, 0.3) is 21.8 Å². The quantitative estimate of drug-likeness (QED) is 0.169. The Kier molecular flexibility index (Phi) is 10.4. The molecular weight excluding hydrogens is 865 g/mol. The number of imide groups is 1. The van der Waals surface area contributed by atoms with Gasteiger partial charge in [-0.3, -0.25) is 33.8 Å². The third kappa shape index (κ3) is 7.41. The van der Waals surface area contributed by atoms with Crippen molar-refractivity contribution in [1.29, 1.82) is 5.26 Å². The molecule has 65 heavy (non-hydrogen) atoms. The molecule has 2 aromatic heterocycles. The van der Waals surface area contributed by atoms with Gasteiger partial charge >= 0.3 is 16.2 Å². The molecule has 2 saturated carbocycles. The predicted octanol–water partition coefficient (Wildman–Crippen LogP) is 4.34. The van der Waals surface area contributed by atoms with E-state index in [1.54, 1.807) is 34.8 Å². The molecule has 5 aliphatic rings. The topological polar surface area (TPSA) is 211 Å². The molecule has 3 aliphatic heterocycles. The number of fused-ring (bicyclic) bond motifs is 2. The van der Waals surface area contributed by atoms with Crippen molar-refractivity contribution in [2.24, 2.45) is 17.9 Å². The summed E-state index contributed by atoms with van der Waals surface area (Å²) in [4.78, 5) is 48.7. The van der Waals surface area contributed by atoms with Crippen LogP contribution in [0.1, 0.15) is 56.6 Å². The smallest absolute Gasteiger partial charge is 0.329 e. The number of halogens is 2. The van der Waals surface area contributed by atoms with Crippen LogP contribution in [0.4, 0.5) is 30.8 Å². The zero-order chi connectivity index (χ0) is 45.6. The fourth-order valence-corrected chi connectivity index (χ4v) is 11.6. The maximum absolute atomic E-state index is 15.7. The Morgan fingerprint density at radius 2 is 1.72 bits per heavy atom. The summed E-state index contributed by atoms with van der Waals surface area (Å²) in [7, 11) is -1.18. The molecular formula is C44H47F2N11O7S. The van der Waals surface area contributed by atoms with Crippen LogP contribution in [-0.2, 0) is 22.1 Å². The normalized spacial score (nSPS) is 20.8. The SMILES string of the molecule is CN(CCO)S(=O)(=O)Nc1ccc(F)c(Oc2ccc3ncn(C4CC5(CCN(C6CC7(C6)CN(c6cc8c(cc6F)c(N6CCC(=O)NC6=O)nn8C)C7)CC5)C4)c(=O)c3c2)c1C#N. The molecule has 18 nitrogen and oxygen atoms in total. The van der Waals surface area contributed by atoms with Crippen LogP contribution in [0, 0.1) is 33.8 Å². The Hall–Kier alpha value is -6.21. The average molecular weight is 912 g/mol. The van der Waals surface area contributed by atoms with Gasteiger partial charge in [0.05, 0.1) is 40.7 Å².